The van der Waals surface area contributed by atoms with Crippen molar-refractivity contribution in [3.05, 3.63) is 78.9 Å². The summed E-state index contributed by atoms with van der Waals surface area (Å²) in [5.41, 5.74) is 12.2. The Labute approximate surface area is 218 Å². The van der Waals surface area contributed by atoms with Crippen molar-refractivity contribution in [2.75, 3.05) is 18.8 Å². The van der Waals surface area contributed by atoms with Crippen LogP contribution in [0.15, 0.2) is 73.1 Å². The molecule has 0 atom stereocenters. The number of hydrogen-bond donors (Lipinski definition) is 1. The van der Waals surface area contributed by atoms with E-state index in [1.807, 2.05) is 24.4 Å². The third-order valence-electron chi connectivity index (χ3n) is 7.66. The first-order valence-electron chi connectivity index (χ1n) is 13.5. The normalized spacial score (nSPS) is 17.5. The molecule has 1 aliphatic carbocycles. The standard InChI is InChI=1S/C31H34N6/c1-3-15-36(16-4-2)25-18-24(19-25)31-35-28(29-30(32)33-14-17-37(29)31)23-11-10-22-12-13-26(34-27(22)20-23)21-8-6-5-7-9-21/h5-14,17,20,24-25H,3-4,15-16,18-19H2,1-2H3,(H2,32,33)/t24-,25+. The lowest BCUT2D eigenvalue weighted by molar-refractivity contribution is 0.105. The van der Waals surface area contributed by atoms with Crippen LogP contribution in [0, 0.1) is 0 Å². The van der Waals surface area contributed by atoms with Gasteiger partial charge in [-0.1, -0.05) is 62.4 Å². The molecule has 1 fully saturated rings. The average molecular weight is 491 g/mol. The quantitative estimate of drug-likeness (QED) is 0.267. The maximum Gasteiger partial charge on any atom is 0.150 e. The van der Waals surface area contributed by atoms with Crippen molar-refractivity contribution in [1.29, 1.82) is 0 Å². The maximum absolute atomic E-state index is 6.44. The number of nitrogens with two attached hydrogens (primary N) is 1. The Morgan fingerprint density at radius 1 is 0.919 bits per heavy atom. The summed E-state index contributed by atoms with van der Waals surface area (Å²) in [6.07, 6.45) is 8.46. The van der Waals surface area contributed by atoms with Crippen LogP contribution in [0.3, 0.4) is 0 Å². The van der Waals surface area contributed by atoms with E-state index in [9.17, 15) is 0 Å². The number of imidazole rings is 1. The predicted molar refractivity (Wildman–Crippen MR) is 151 cm³/mol. The van der Waals surface area contributed by atoms with Gasteiger partial charge in [-0.05, 0) is 50.9 Å². The Morgan fingerprint density at radius 2 is 1.68 bits per heavy atom. The maximum atomic E-state index is 6.44. The van der Waals surface area contributed by atoms with Gasteiger partial charge in [0.05, 0.1) is 11.2 Å². The van der Waals surface area contributed by atoms with Gasteiger partial charge in [-0.3, -0.25) is 4.40 Å². The van der Waals surface area contributed by atoms with Crippen LogP contribution in [0.25, 0.3) is 38.9 Å². The minimum atomic E-state index is 0.424. The van der Waals surface area contributed by atoms with Crippen LogP contribution in [0.1, 0.15) is 51.3 Å². The van der Waals surface area contributed by atoms with E-state index in [0.717, 1.165) is 57.6 Å². The molecule has 3 heterocycles. The molecule has 0 unspecified atom stereocenters. The van der Waals surface area contributed by atoms with Crippen LogP contribution in [-0.4, -0.2) is 43.4 Å². The minimum Gasteiger partial charge on any atom is -0.382 e. The van der Waals surface area contributed by atoms with Crippen LogP contribution < -0.4 is 5.73 Å². The SMILES string of the molecule is CCCN(CCC)[C@H]1C[C@@H](c2nc(-c3ccc4ccc(-c5ccccc5)nc4c3)c3c(N)nccn32)C1. The van der Waals surface area contributed by atoms with Gasteiger partial charge in [0.25, 0.3) is 0 Å². The van der Waals surface area contributed by atoms with Crippen molar-refractivity contribution in [2.45, 2.75) is 51.5 Å². The van der Waals surface area contributed by atoms with Crippen LogP contribution >= 0.6 is 0 Å². The van der Waals surface area contributed by atoms with E-state index in [1.165, 1.54) is 25.9 Å². The van der Waals surface area contributed by atoms with Crippen LogP contribution in [0.2, 0.25) is 0 Å². The lowest BCUT2D eigenvalue weighted by atomic mass is 9.78. The minimum absolute atomic E-state index is 0.424. The van der Waals surface area contributed by atoms with Gasteiger partial charge >= 0.3 is 0 Å². The Morgan fingerprint density at radius 3 is 2.43 bits per heavy atom. The fourth-order valence-corrected chi connectivity index (χ4v) is 5.76. The lowest BCUT2D eigenvalue weighted by Gasteiger charge is -2.42. The van der Waals surface area contributed by atoms with Crippen LogP contribution in [0.4, 0.5) is 5.82 Å². The highest BCUT2D eigenvalue weighted by atomic mass is 15.2. The second-order valence-electron chi connectivity index (χ2n) is 10.2. The molecule has 2 aromatic carbocycles. The molecule has 0 spiro atoms. The van der Waals surface area contributed by atoms with Crippen LogP contribution in [0.5, 0.6) is 0 Å². The number of anilines is 1. The molecule has 5 aromatic rings. The Kier molecular flexibility index (Phi) is 6.35. The zero-order valence-corrected chi connectivity index (χ0v) is 21.6. The molecule has 0 radical (unpaired) electrons. The van der Waals surface area contributed by atoms with E-state index in [2.05, 4.69) is 70.6 Å². The first-order chi connectivity index (χ1) is 18.2. The Hall–Kier alpha value is -3.77. The molecule has 2 N–H and O–H groups in total. The van der Waals surface area contributed by atoms with Crippen molar-refractivity contribution in [2.24, 2.45) is 0 Å². The zero-order chi connectivity index (χ0) is 25.4. The summed E-state index contributed by atoms with van der Waals surface area (Å²) in [4.78, 5) is 17.3. The van der Waals surface area contributed by atoms with Gasteiger partial charge in [-0.2, -0.15) is 0 Å². The molecule has 188 valence electrons. The molecule has 1 aliphatic rings. The van der Waals surface area contributed by atoms with E-state index in [4.69, 9.17) is 15.7 Å². The number of nitrogens with zero attached hydrogens (tertiary/aromatic N) is 5. The molecule has 6 nitrogen and oxygen atoms in total. The summed E-state index contributed by atoms with van der Waals surface area (Å²) in [6, 6.07) is 21.5. The summed E-state index contributed by atoms with van der Waals surface area (Å²) < 4.78 is 2.17. The predicted octanol–water partition coefficient (Wildman–Crippen LogP) is 6.56. The highest BCUT2D eigenvalue weighted by Crippen LogP contribution is 2.42. The monoisotopic (exact) mass is 490 g/mol. The van der Waals surface area contributed by atoms with Crippen molar-refractivity contribution in [3.8, 4) is 22.5 Å². The van der Waals surface area contributed by atoms with Gasteiger partial charge in [-0.15, -0.1) is 0 Å². The van der Waals surface area contributed by atoms with Gasteiger partial charge in [0, 0.05) is 40.9 Å². The summed E-state index contributed by atoms with van der Waals surface area (Å²) in [5, 5.41) is 1.10. The fraction of sp³-hybridized carbons (Fsp3) is 0.323. The van der Waals surface area contributed by atoms with Crippen molar-refractivity contribution >= 4 is 22.2 Å². The van der Waals surface area contributed by atoms with E-state index < -0.39 is 0 Å². The topological polar surface area (TPSA) is 72.3 Å². The molecular formula is C31H34N6. The van der Waals surface area contributed by atoms with Gasteiger partial charge in [0.15, 0.2) is 0 Å². The summed E-state index contributed by atoms with van der Waals surface area (Å²) in [6.45, 7) is 6.88. The van der Waals surface area contributed by atoms with Gasteiger partial charge in [0.2, 0.25) is 0 Å². The Bertz CT molecular complexity index is 1530. The Balaban J connectivity index is 1.38. The molecule has 6 rings (SSSR count). The van der Waals surface area contributed by atoms with E-state index in [-0.39, 0.29) is 0 Å². The zero-order valence-electron chi connectivity index (χ0n) is 21.6. The average Bonchev–Trinajstić information content (AvgIpc) is 3.28. The number of fused-ring (bicyclic) bond motifs is 2. The van der Waals surface area contributed by atoms with Crippen molar-refractivity contribution < 1.29 is 0 Å². The molecular weight excluding hydrogens is 456 g/mol. The molecule has 3 aromatic heterocycles. The van der Waals surface area contributed by atoms with Crippen LogP contribution in [-0.2, 0) is 0 Å². The first kappa shape index (κ1) is 23.6. The molecule has 37 heavy (non-hydrogen) atoms. The second kappa shape index (κ2) is 9.94. The molecule has 0 saturated heterocycles. The highest BCUT2D eigenvalue weighted by molar-refractivity contribution is 5.91. The second-order valence-corrected chi connectivity index (χ2v) is 10.2. The number of pyridine rings is 1. The smallest absolute Gasteiger partial charge is 0.150 e. The van der Waals surface area contributed by atoms with Crippen molar-refractivity contribution in [1.82, 2.24) is 24.3 Å². The number of hydrogen-bond acceptors (Lipinski definition) is 5. The third kappa shape index (κ3) is 4.36. The number of nitrogen functional groups attached to an aromatic ring is 1. The van der Waals surface area contributed by atoms with E-state index in [0.29, 0.717) is 17.8 Å². The molecule has 6 heteroatoms. The van der Waals surface area contributed by atoms with Gasteiger partial charge in [-0.25, -0.2) is 15.0 Å². The number of aromatic nitrogens is 4. The summed E-state index contributed by atoms with van der Waals surface area (Å²) in [5.74, 6) is 2.03. The van der Waals surface area contributed by atoms with E-state index >= 15 is 0 Å². The third-order valence-corrected chi connectivity index (χ3v) is 7.66. The number of rotatable bonds is 8. The molecule has 1 saturated carbocycles. The summed E-state index contributed by atoms with van der Waals surface area (Å²) >= 11 is 0. The molecule has 0 amide bonds. The molecule has 0 aliphatic heterocycles. The first-order valence-corrected chi connectivity index (χ1v) is 13.5. The van der Waals surface area contributed by atoms with Gasteiger partial charge in [0.1, 0.15) is 22.9 Å². The largest absolute Gasteiger partial charge is 0.382 e. The highest BCUT2D eigenvalue weighted by Gasteiger charge is 2.37. The fourth-order valence-electron chi connectivity index (χ4n) is 5.76. The number of benzene rings is 2. The molecule has 0 bridgehead atoms. The lowest BCUT2D eigenvalue weighted by Crippen LogP contribution is -2.45. The van der Waals surface area contributed by atoms with Gasteiger partial charge < -0.3 is 10.6 Å². The van der Waals surface area contributed by atoms with Crippen molar-refractivity contribution in [3.63, 3.8) is 0 Å². The summed E-state index contributed by atoms with van der Waals surface area (Å²) in [7, 11) is 0. The van der Waals surface area contributed by atoms with E-state index in [1.54, 1.807) is 6.20 Å².